The van der Waals surface area contributed by atoms with Crippen LogP contribution >= 0.6 is 0 Å². The standard InChI is InChI=1S/C10H16N2O5/c1-7(13)4-5-11-9(15)6-12-8(14)2-3-10(16)17/h2-6H2,1H3,(H,11,15)(H,12,14)(H,16,17). The number of hydrogen-bond acceptors (Lipinski definition) is 4. The molecule has 7 heteroatoms. The fourth-order valence-electron chi connectivity index (χ4n) is 0.928. The van der Waals surface area contributed by atoms with Crippen molar-refractivity contribution in [3.8, 4) is 0 Å². The summed E-state index contributed by atoms with van der Waals surface area (Å²) in [4.78, 5) is 42.9. The van der Waals surface area contributed by atoms with Crippen molar-refractivity contribution in [1.82, 2.24) is 10.6 Å². The molecule has 0 aliphatic heterocycles. The Morgan fingerprint density at radius 2 is 1.59 bits per heavy atom. The minimum atomic E-state index is -1.06. The van der Waals surface area contributed by atoms with E-state index in [2.05, 4.69) is 10.6 Å². The van der Waals surface area contributed by atoms with Gasteiger partial charge in [0, 0.05) is 19.4 Å². The number of amides is 2. The summed E-state index contributed by atoms with van der Waals surface area (Å²) in [6.45, 7) is 1.44. The predicted octanol–water partition coefficient (Wildman–Crippen LogP) is -0.937. The highest BCUT2D eigenvalue weighted by atomic mass is 16.4. The van der Waals surface area contributed by atoms with Gasteiger partial charge >= 0.3 is 5.97 Å². The van der Waals surface area contributed by atoms with Crippen LogP contribution in [-0.2, 0) is 19.2 Å². The second-order valence-electron chi connectivity index (χ2n) is 3.47. The average molecular weight is 244 g/mol. The molecular formula is C10H16N2O5. The molecule has 0 heterocycles. The van der Waals surface area contributed by atoms with Crippen LogP contribution in [0.3, 0.4) is 0 Å². The number of carboxylic acids is 1. The van der Waals surface area contributed by atoms with Gasteiger partial charge in [0.25, 0.3) is 0 Å². The molecule has 0 saturated heterocycles. The molecule has 0 atom stereocenters. The smallest absolute Gasteiger partial charge is 0.303 e. The normalized spacial score (nSPS) is 9.47. The van der Waals surface area contributed by atoms with Gasteiger partial charge in [-0.15, -0.1) is 0 Å². The molecule has 0 spiro atoms. The lowest BCUT2D eigenvalue weighted by atomic mass is 10.3. The maximum absolute atomic E-state index is 11.1. The lowest BCUT2D eigenvalue weighted by molar-refractivity contribution is -0.138. The Balaban J connectivity index is 3.59. The minimum absolute atomic E-state index is 0.0317. The number of carbonyl (C=O) groups is 4. The van der Waals surface area contributed by atoms with E-state index in [4.69, 9.17) is 5.11 Å². The third-order valence-electron chi connectivity index (χ3n) is 1.81. The van der Waals surface area contributed by atoms with E-state index in [0.29, 0.717) is 0 Å². The summed E-state index contributed by atoms with van der Waals surface area (Å²) < 4.78 is 0. The molecule has 0 radical (unpaired) electrons. The molecule has 0 aromatic carbocycles. The molecule has 0 saturated carbocycles. The van der Waals surface area contributed by atoms with Crippen molar-refractivity contribution >= 4 is 23.6 Å². The summed E-state index contributed by atoms with van der Waals surface area (Å²) in [6, 6.07) is 0. The highest BCUT2D eigenvalue weighted by Gasteiger charge is 2.07. The summed E-state index contributed by atoms with van der Waals surface area (Å²) in [5, 5.41) is 13.0. The van der Waals surface area contributed by atoms with Crippen LogP contribution in [0.1, 0.15) is 26.2 Å². The van der Waals surface area contributed by atoms with E-state index in [0.717, 1.165) is 0 Å². The van der Waals surface area contributed by atoms with E-state index >= 15 is 0 Å². The van der Waals surface area contributed by atoms with Gasteiger partial charge in [-0.2, -0.15) is 0 Å². The van der Waals surface area contributed by atoms with Crippen molar-refractivity contribution in [1.29, 1.82) is 0 Å². The number of aliphatic carboxylic acids is 1. The first-order chi connectivity index (χ1) is 7.91. The quantitative estimate of drug-likeness (QED) is 0.510. The molecule has 0 aliphatic rings. The fourth-order valence-corrected chi connectivity index (χ4v) is 0.928. The van der Waals surface area contributed by atoms with Crippen LogP contribution in [0.2, 0.25) is 0 Å². The van der Waals surface area contributed by atoms with E-state index in [1.807, 2.05) is 0 Å². The van der Waals surface area contributed by atoms with Gasteiger partial charge in [-0.25, -0.2) is 0 Å². The van der Waals surface area contributed by atoms with Crippen LogP contribution in [0.15, 0.2) is 0 Å². The third-order valence-corrected chi connectivity index (χ3v) is 1.81. The zero-order valence-electron chi connectivity index (χ0n) is 9.62. The van der Waals surface area contributed by atoms with Crippen molar-refractivity contribution in [3.63, 3.8) is 0 Å². The van der Waals surface area contributed by atoms with Crippen LogP contribution in [0.5, 0.6) is 0 Å². The van der Waals surface area contributed by atoms with Crippen LogP contribution in [0.25, 0.3) is 0 Å². The lowest BCUT2D eigenvalue weighted by Crippen LogP contribution is -2.37. The summed E-state index contributed by atoms with van der Waals surface area (Å²) in [5.74, 6) is -1.99. The highest BCUT2D eigenvalue weighted by Crippen LogP contribution is 1.87. The Morgan fingerprint density at radius 1 is 0.941 bits per heavy atom. The van der Waals surface area contributed by atoms with Crippen LogP contribution in [-0.4, -0.2) is 41.8 Å². The van der Waals surface area contributed by atoms with Crippen LogP contribution < -0.4 is 10.6 Å². The van der Waals surface area contributed by atoms with E-state index in [1.165, 1.54) is 6.92 Å². The third kappa shape index (κ3) is 10.4. The molecule has 0 aliphatic carbocycles. The van der Waals surface area contributed by atoms with Crippen molar-refractivity contribution in [2.24, 2.45) is 0 Å². The largest absolute Gasteiger partial charge is 0.481 e. The SMILES string of the molecule is CC(=O)CCNC(=O)CNC(=O)CCC(=O)O. The van der Waals surface area contributed by atoms with E-state index in [9.17, 15) is 19.2 Å². The number of nitrogens with one attached hydrogen (secondary N) is 2. The second-order valence-corrected chi connectivity index (χ2v) is 3.47. The summed E-state index contributed by atoms with van der Waals surface area (Å²) in [5.41, 5.74) is 0. The number of carbonyl (C=O) groups excluding carboxylic acids is 3. The Labute approximate surface area is 98.6 Å². The number of ketones is 1. The Hall–Kier alpha value is -1.92. The molecule has 96 valence electrons. The topological polar surface area (TPSA) is 113 Å². The van der Waals surface area contributed by atoms with E-state index < -0.39 is 17.8 Å². The summed E-state index contributed by atoms with van der Waals surface area (Å²) in [7, 11) is 0. The van der Waals surface area contributed by atoms with Crippen molar-refractivity contribution in [3.05, 3.63) is 0 Å². The van der Waals surface area contributed by atoms with Gasteiger partial charge in [-0.3, -0.25) is 19.2 Å². The molecule has 2 amide bonds. The maximum atomic E-state index is 11.1. The first kappa shape index (κ1) is 15.1. The molecule has 0 aromatic rings. The predicted molar refractivity (Wildman–Crippen MR) is 58.2 cm³/mol. The van der Waals surface area contributed by atoms with Crippen molar-refractivity contribution in [2.75, 3.05) is 13.1 Å². The zero-order valence-corrected chi connectivity index (χ0v) is 9.62. The van der Waals surface area contributed by atoms with Crippen molar-refractivity contribution < 1.29 is 24.3 Å². The highest BCUT2D eigenvalue weighted by molar-refractivity contribution is 5.86. The van der Waals surface area contributed by atoms with Gasteiger partial charge in [-0.05, 0) is 6.92 Å². The minimum Gasteiger partial charge on any atom is -0.481 e. The summed E-state index contributed by atoms with van der Waals surface area (Å²) >= 11 is 0. The monoisotopic (exact) mass is 244 g/mol. The molecule has 0 fully saturated rings. The molecule has 0 unspecified atom stereocenters. The van der Waals surface area contributed by atoms with Gasteiger partial charge in [-0.1, -0.05) is 0 Å². The summed E-state index contributed by atoms with van der Waals surface area (Å²) in [6.07, 6.45) is -0.174. The number of carboxylic acid groups (broad SMARTS) is 1. The first-order valence-corrected chi connectivity index (χ1v) is 5.16. The van der Waals surface area contributed by atoms with Gasteiger partial charge in [0.2, 0.25) is 11.8 Å². The first-order valence-electron chi connectivity index (χ1n) is 5.16. The number of hydrogen-bond donors (Lipinski definition) is 3. The van der Waals surface area contributed by atoms with Crippen LogP contribution in [0.4, 0.5) is 0 Å². The molecular weight excluding hydrogens is 228 g/mol. The lowest BCUT2D eigenvalue weighted by Gasteiger charge is -2.05. The molecule has 0 bridgehead atoms. The van der Waals surface area contributed by atoms with Gasteiger partial charge < -0.3 is 15.7 Å². The zero-order chi connectivity index (χ0) is 13.3. The van der Waals surface area contributed by atoms with Crippen LogP contribution in [0, 0.1) is 0 Å². The molecule has 7 nitrogen and oxygen atoms in total. The average Bonchev–Trinajstić information content (AvgIpc) is 2.23. The molecule has 17 heavy (non-hydrogen) atoms. The number of Topliss-reactive ketones (excluding diaryl/α,β-unsaturated/α-hetero) is 1. The molecule has 0 rings (SSSR count). The van der Waals surface area contributed by atoms with Crippen molar-refractivity contribution in [2.45, 2.75) is 26.2 Å². The maximum Gasteiger partial charge on any atom is 0.303 e. The fraction of sp³-hybridized carbons (Fsp3) is 0.600. The van der Waals surface area contributed by atoms with Gasteiger partial charge in [0.05, 0.1) is 13.0 Å². The second kappa shape index (κ2) is 8.26. The number of rotatable bonds is 8. The van der Waals surface area contributed by atoms with Gasteiger partial charge in [0.15, 0.2) is 0 Å². The Kier molecular flexibility index (Phi) is 7.32. The van der Waals surface area contributed by atoms with Gasteiger partial charge in [0.1, 0.15) is 5.78 Å². The van der Waals surface area contributed by atoms with E-state index in [1.54, 1.807) is 0 Å². The Morgan fingerprint density at radius 3 is 2.12 bits per heavy atom. The Bertz CT molecular complexity index is 314. The molecule has 3 N–H and O–H groups in total. The van der Waals surface area contributed by atoms with E-state index in [-0.39, 0.29) is 38.1 Å². The molecule has 0 aromatic heterocycles.